The molecule has 0 bridgehead atoms. The number of rotatable bonds is 2. The molecular formula is C19H17Br. The molecule has 0 aliphatic carbocycles. The van der Waals surface area contributed by atoms with E-state index in [2.05, 4.69) is 90.4 Å². The normalized spacial score (nSPS) is 11.2. The van der Waals surface area contributed by atoms with Crippen molar-refractivity contribution in [2.75, 3.05) is 0 Å². The van der Waals surface area contributed by atoms with E-state index in [1.807, 2.05) is 0 Å². The molecule has 0 nitrogen and oxygen atoms in total. The average molecular weight is 325 g/mol. The van der Waals surface area contributed by atoms with Gasteiger partial charge < -0.3 is 0 Å². The first-order valence-corrected chi connectivity index (χ1v) is 7.74. The largest absolute Gasteiger partial charge is 0.0622 e. The molecule has 0 radical (unpaired) electrons. The Morgan fingerprint density at radius 1 is 0.800 bits per heavy atom. The second-order valence-electron chi connectivity index (χ2n) is 5.39. The van der Waals surface area contributed by atoms with E-state index in [-0.39, 0.29) is 0 Å². The van der Waals surface area contributed by atoms with Crippen molar-refractivity contribution in [1.82, 2.24) is 0 Å². The number of fused-ring (bicyclic) bond motifs is 1. The van der Waals surface area contributed by atoms with Gasteiger partial charge in [-0.2, -0.15) is 0 Å². The molecule has 100 valence electrons. The molecule has 3 aromatic rings. The molecule has 3 aromatic carbocycles. The molecule has 0 heterocycles. The summed E-state index contributed by atoms with van der Waals surface area (Å²) in [6.45, 7) is 4.49. The van der Waals surface area contributed by atoms with E-state index in [9.17, 15) is 0 Å². The lowest BCUT2D eigenvalue weighted by molar-refractivity contribution is 0.871. The SMILES string of the molecule is CC(C)c1c(Br)cc(-c2ccccc2)c2ccccc12. The van der Waals surface area contributed by atoms with Crippen LogP contribution in [-0.2, 0) is 0 Å². The van der Waals surface area contributed by atoms with Gasteiger partial charge in [0, 0.05) is 4.47 Å². The third-order valence-corrected chi connectivity index (χ3v) is 4.35. The van der Waals surface area contributed by atoms with E-state index < -0.39 is 0 Å². The highest BCUT2D eigenvalue weighted by Crippen LogP contribution is 2.38. The van der Waals surface area contributed by atoms with Crippen LogP contribution < -0.4 is 0 Å². The zero-order valence-corrected chi connectivity index (χ0v) is 13.3. The van der Waals surface area contributed by atoms with Crippen molar-refractivity contribution < 1.29 is 0 Å². The van der Waals surface area contributed by atoms with Crippen molar-refractivity contribution in [3.63, 3.8) is 0 Å². The topological polar surface area (TPSA) is 0 Å². The van der Waals surface area contributed by atoms with Gasteiger partial charge >= 0.3 is 0 Å². The van der Waals surface area contributed by atoms with Crippen molar-refractivity contribution in [2.45, 2.75) is 19.8 Å². The lowest BCUT2D eigenvalue weighted by atomic mass is 9.91. The molecule has 1 heteroatoms. The molecule has 0 spiro atoms. The standard InChI is InChI=1S/C19H17Br/c1-13(2)19-16-11-7-6-10-15(16)17(12-18(19)20)14-8-4-3-5-9-14/h3-13H,1-2H3. The van der Waals surface area contributed by atoms with Gasteiger partial charge in [-0.15, -0.1) is 0 Å². The fourth-order valence-electron chi connectivity index (χ4n) is 2.81. The Balaban J connectivity index is 2.38. The van der Waals surface area contributed by atoms with Crippen LogP contribution in [0.1, 0.15) is 25.3 Å². The summed E-state index contributed by atoms with van der Waals surface area (Å²) in [5.74, 6) is 0.499. The Morgan fingerprint density at radius 3 is 2.05 bits per heavy atom. The Kier molecular flexibility index (Phi) is 3.62. The van der Waals surface area contributed by atoms with Gasteiger partial charge in [0.25, 0.3) is 0 Å². The van der Waals surface area contributed by atoms with Gasteiger partial charge in [-0.1, -0.05) is 84.4 Å². The minimum Gasteiger partial charge on any atom is -0.0622 e. The maximum absolute atomic E-state index is 3.77. The summed E-state index contributed by atoms with van der Waals surface area (Å²) in [7, 11) is 0. The van der Waals surface area contributed by atoms with Gasteiger partial charge in [0.05, 0.1) is 0 Å². The van der Waals surface area contributed by atoms with E-state index in [0.717, 1.165) is 0 Å². The van der Waals surface area contributed by atoms with E-state index in [4.69, 9.17) is 0 Å². The van der Waals surface area contributed by atoms with Crippen LogP contribution in [0.2, 0.25) is 0 Å². The van der Waals surface area contributed by atoms with Crippen LogP contribution in [0.15, 0.2) is 65.1 Å². The van der Waals surface area contributed by atoms with Crippen molar-refractivity contribution in [2.24, 2.45) is 0 Å². The Morgan fingerprint density at radius 2 is 1.40 bits per heavy atom. The number of hydrogen-bond acceptors (Lipinski definition) is 0. The fourth-order valence-corrected chi connectivity index (χ4v) is 3.71. The quantitative estimate of drug-likeness (QED) is 0.512. The van der Waals surface area contributed by atoms with Crippen LogP contribution in [0.4, 0.5) is 0 Å². The van der Waals surface area contributed by atoms with E-state index in [0.29, 0.717) is 5.92 Å². The van der Waals surface area contributed by atoms with Crippen molar-refractivity contribution in [1.29, 1.82) is 0 Å². The maximum Gasteiger partial charge on any atom is 0.0222 e. The summed E-state index contributed by atoms with van der Waals surface area (Å²) < 4.78 is 1.20. The molecule has 0 unspecified atom stereocenters. The first kappa shape index (κ1) is 13.4. The Hall–Kier alpha value is -1.60. The van der Waals surface area contributed by atoms with Crippen LogP contribution in [0.5, 0.6) is 0 Å². The third kappa shape index (κ3) is 2.27. The Bertz CT molecular complexity index is 742. The highest BCUT2D eigenvalue weighted by molar-refractivity contribution is 9.10. The summed E-state index contributed by atoms with van der Waals surface area (Å²) in [4.78, 5) is 0. The minimum atomic E-state index is 0.499. The maximum atomic E-state index is 3.77. The summed E-state index contributed by atoms with van der Waals surface area (Å²) in [6, 6.07) is 21.5. The van der Waals surface area contributed by atoms with E-state index >= 15 is 0 Å². The van der Waals surface area contributed by atoms with Crippen LogP contribution >= 0.6 is 15.9 Å². The van der Waals surface area contributed by atoms with Crippen molar-refractivity contribution >= 4 is 26.7 Å². The van der Waals surface area contributed by atoms with Gasteiger partial charge in [-0.05, 0) is 39.4 Å². The molecule has 0 N–H and O–H groups in total. The van der Waals surface area contributed by atoms with Gasteiger partial charge in [0.1, 0.15) is 0 Å². The second kappa shape index (κ2) is 5.41. The van der Waals surface area contributed by atoms with E-state index in [1.54, 1.807) is 0 Å². The van der Waals surface area contributed by atoms with Crippen LogP contribution in [0.3, 0.4) is 0 Å². The predicted octanol–water partition coefficient (Wildman–Crippen LogP) is 6.39. The number of benzene rings is 3. The molecule has 0 saturated heterocycles. The van der Waals surface area contributed by atoms with Crippen LogP contribution in [0.25, 0.3) is 21.9 Å². The minimum absolute atomic E-state index is 0.499. The monoisotopic (exact) mass is 324 g/mol. The highest BCUT2D eigenvalue weighted by atomic mass is 79.9. The average Bonchev–Trinajstić information content (AvgIpc) is 2.47. The number of hydrogen-bond donors (Lipinski definition) is 0. The molecular weight excluding hydrogens is 308 g/mol. The molecule has 20 heavy (non-hydrogen) atoms. The predicted molar refractivity (Wildman–Crippen MR) is 91.2 cm³/mol. The van der Waals surface area contributed by atoms with Gasteiger partial charge in [0.2, 0.25) is 0 Å². The smallest absolute Gasteiger partial charge is 0.0222 e. The summed E-state index contributed by atoms with van der Waals surface area (Å²) in [5, 5.41) is 2.67. The Labute approximate surface area is 128 Å². The van der Waals surface area contributed by atoms with Crippen molar-refractivity contribution in [3.05, 3.63) is 70.7 Å². The highest BCUT2D eigenvalue weighted by Gasteiger charge is 2.13. The van der Waals surface area contributed by atoms with Gasteiger partial charge in [0.15, 0.2) is 0 Å². The first-order valence-electron chi connectivity index (χ1n) is 6.95. The van der Waals surface area contributed by atoms with E-state index in [1.165, 1.54) is 31.9 Å². The summed E-state index contributed by atoms with van der Waals surface area (Å²) in [5.41, 5.74) is 3.94. The third-order valence-electron chi connectivity index (χ3n) is 3.70. The summed E-state index contributed by atoms with van der Waals surface area (Å²) in [6.07, 6.45) is 0. The molecule has 3 rings (SSSR count). The molecule has 0 aliphatic heterocycles. The van der Waals surface area contributed by atoms with Gasteiger partial charge in [-0.25, -0.2) is 0 Å². The zero-order valence-electron chi connectivity index (χ0n) is 11.7. The van der Waals surface area contributed by atoms with Crippen LogP contribution in [0, 0.1) is 0 Å². The van der Waals surface area contributed by atoms with Gasteiger partial charge in [-0.3, -0.25) is 0 Å². The zero-order chi connectivity index (χ0) is 14.1. The second-order valence-corrected chi connectivity index (χ2v) is 6.24. The first-order chi connectivity index (χ1) is 9.68. The lowest BCUT2D eigenvalue weighted by Crippen LogP contribution is -1.93. The van der Waals surface area contributed by atoms with Crippen molar-refractivity contribution in [3.8, 4) is 11.1 Å². The van der Waals surface area contributed by atoms with Crippen LogP contribution in [-0.4, -0.2) is 0 Å². The number of halogens is 1. The summed E-state index contributed by atoms with van der Waals surface area (Å²) >= 11 is 3.77. The molecule has 0 saturated carbocycles. The molecule has 0 aromatic heterocycles. The molecule has 0 aliphatic rings. The molecule has 0 atom stereocenters. The molecule has 0 amide bonds. The lowest BCUT2D eigenvalue weighted by Gasteiger charge is -2.16. The molecule has 0 fully saturated rings. The fraction of sp³-hybridized carbons (Fsp3) is 0.158.